The zero-order valence-corrected chi connectivity index (χ0v) is 10.4. The van der Waals surface area contributed by atoms with Gasteiger partial charge in [0.1, 0.15) is 12.3 Å². The zero-order valence-electron chi connectivity index (χ0n) is 10.4. The van der Waals surface area contributed by atoms with Crippen molar-refractivity contribution in [3.63, 3.8) is 0 Å². The van der Waals surface area contributed by atoms with Gasteiger partial charge in [-0.2, -0.15) is 5.10 Å². The number of hydrogen-bond donors (Lipinski definition) is 1. The highest BCUT2D eigenvalue weighted by Gasteiger charge is 2.21. The first kappa shape index (κ1) is 11.7. The molecule has 3 rings (SSSR count). The summed E-state index contributed by atoms with van der Waals surface area (Å²) in [5.74, 6) is 0. The Morgan fingerprint density at radius 3 is 2.58 bits per heavy atom. The van der Waals surface area contributed by atoms with E-state index in [9.17, 15) is 4.79 Å². The molecule has 1 N–H and O–H groups in total. The van der Waals surface area contributed by atoms with E-state index in [-0.39, 0.29) is 6.04 Å². The van der Waals surface area contributed by atoms with E-state index in [1.807, 2.05) is 42.5 Å². The molecule has 0 spiro atoms. The van der Waals surface area contributed by atoms with Crippen molar-refractivity contribution in [2.45, 2.75) is 12.5 Å². The highest BCUT2D eigenvalue weighted by molar-refractivity contribution is 6.04. The Balaban J connectivity index is 1.96. The molecule has 1 aliphatic rings. The van der Waals surface area contributed by atoms with Crippen molar-refractivity contribution < 1.29 is 4.79 Å². The first-order chi connectivity index (χ1) is 9.38. The second-order valence-corrected chi connectivity index (χ2v) is 4.55. The van der Waals surface area contributed by atoms with Gasteiger partial charge >= 0.3 is 0 Å². The van der Waals surface area contributed by atoms with Crippen molar-refractivity contribution in [1.82, 2.24) is 5.43 Å². The third-order valence-corrected chi connectivity index (χ3v) is 3.30. The maximum Gasteiger partial charge on any atom is 0.148 e. The number of hydrazone groups is 1. The maximum absolute atomic E-state index is 11.1. The summed E-state index contributed by atoms with van der Waals surface area (Å²) in [5.41, 5.74) is 7.15. The molecule has 1 heterocycles. The molecule has 19 heavy (non-hydrogen) atoms. The maximum atomic E-state index is 11.1. The summed E-state index contributed by atoms with van der Waals surface area (Å²) in [6, 6.07) is 17.8. The Morgan fingerprint density at radius 1 is 1.05 bits per heavy atom. The molecule has 0 amide bonds. The Labute approximate surface area is 112 Å². The summed E-state index contributed by atoms with van der Waals surface area (Å²) >= 11 is 0. The molecule has 0 saturated heterocycles. The summed E-state index contributed by atoms with van der Waals surface area (Å²) in [5, 5.41) is 4.35. The molecule has 0 fully saturated rings. The summed E-state index contributed by atoms with van der Waals surface area (Å²) in [7, 11) is 0. The van der Waals surface area contributed by atoms with Crippen LogP contribution in [0.15, 0.2) is 59.7 Å². The van der Waals surface area contributed by atoms with Crippen molar-refractivity contribution in [2.75, 3.05) is 0 Å². The molecule has 94 valence electrons. The van der Waals surface area contributed by atoms with E-state index in [1.54, 1.807) is 0 Å². The van der Waals surface area contributed by atoms with E-state index in [4.69, 9.17) is 0 Å². The minimum atomic E-state index is -0.337. The van der Waals surface area contributed by atoms with Gasteiger partial charge in [0.2, 0.25) is 0 Å². The van der Waals surface area contributed by atoms with Crippen LogP contribution in [0.3, 0.4) is 0 Å². The second-order valence-electron chi connectivity index (χ2n) is 4.55. The zero-order chi connectivity index (χ0) is 13.1. The lowest BCUT2D eigenvalue weighted by molar-refractivity contribution is -0.109. The summed E-state index contributed by atoms with van der Waals surface area (Å²) in [6.45, 7) is 0. The highest BCUT2D eigenvalue weighted by Crippen LogP contribution is 2.22. The van der Waals surface area contributed by atoms with Gasteiger partial charge in [0.25, 0.3) is 0 Å². The topological polar surface area (TPSA) is 41.5 Å². The molecule has 0 saturated carbocycles. The molecule has 1 aliphatic heterocycles. The number of benzene rings is 2. The molecule has 0 aliphatic carbocycles. The molecular formula is C16H14N2O. The lowest BCUT2D eigenvalue weighted by atomic mass is 9.93. The fraction of sp³-hybridized carbons (Fsp3) is 0.125. The highest BCUT2D eigenvalue weighted by atomic mass is 16.1. The van der Waals surface area contributed by atoms with Gasteiger partial charge in [0, 0.05) is 12.0 Å². The molecule has 1 unspecified atom stereocenters. The minimum absolute atomic E-state index is 0.337. The SMILES string of the molecule is O=CC1NN=C(Cc2ccccc2)c2ccccc21. The van der Waals surface area contributed by atoms with Crippen molar-refractivity contribution >= 4 is 12.0 Å². The van der Waals surface area contributed by atoms with Crippen LogP contribution in [-0.2, 0) is 11.2 Å². The van der Waals surface area contributed by atoms with Crippen LogP contribution in [-0.4, -0.2) is 12.0 Å². The van der Waals surface area contributed by atoms with E-state index in [2.05, 4.69) is 22.7 Å². The number of hydrogen-bond acceptors (Lipinski definition) is 3. The van der Waals surface area contributed by atoms with Gasteiger partial charge in [-0.25, -0.2) is 0 Å². The van der Waals surface area contributed by atoms with Crippen LogP contribution in [0.1, 0.15) is 22.7 Å². The van der Waals surface area contributed by atoms with Gasteiger partial charge in [-0.15, -0.1) is 0 Å². The predicted molar refractivity (Wildman–Crippen MR) is 75.1 cm³/mol. The summed E-state index contributed by atoms with van der Waals surface area (Å²) < 4.78 is 0. The van der Waals surface area contributed by atoms with Crippen molar-refractivity contribution in [2.24, 2.45) is 5.10 Å². The van der Waals surface area contributed by atoms with Crippen molar-refractivity contribution in [1.29, 1.82) is 0 Å². The Bertz CT molecular complexity index is 620. The first-order valence-corrected chi connectivity index (χ1v) is 6.29. The van der Waals surface area contributed by atoms with Crippen LogP contribution in [0.4, 0.5) is 0 Å². The van der Waals surface area contributed by atoms with E-state index in [0.717, 1.165) is 29.5 Å². The number of rotatable bonds is 3. The third kappa shape index (κ3) is 2.27. The predicted octanol–water partition coefficient (Wildman–Crippen LogP) is 2.48. The lowest BCUT2D eigenvalue weighted by Gasteiger charge is -2.22. The first-order valence-electron chi connectivity index (χ1n) is 6.29. The number of fused-ring (bicyclic) bond motifs is 1. The van der Waals surface area contributed by atoms with Crippen LogP contribution in [0, 0.1) is 0 Å². The normalized spacial score (nSPS) is 17.1. The van der Waals surface area contributed by atoms with Gasteiger partial charge in [0.15, 0.2) is 0 Å². The second kappa shape index (κ2) is 5.06. The number of nitrogens with zero attached hydrogens (tertiary/aromatic N) is 1. The lowest BCUT2D eigenvalue weighted by Crippen LogP contribution is -2.28. The Kier molecular flexibility index (Phi) is 3.11. The van der Waals surface area contributed by atoms with E-state index in [0.29, 0.717) is 0 Å². The molecular weight excluding hydrogens is 236 g/mol. The quantitative estimate of drug-likeness (QED) is 0.850. The number of aldehydes is 1. The van der Waals surface area contributed by atoms with Gasteiger partial charge in [-0.05, 0) is 11.1 Å². The molecule has 1 atom stereocenters. The van der Waals surface area contributed by atoms with Gasteiger partial charge in [0.05, 0.1) is 5.71 Å². The van der Waals surface area contributed by atoms with Crippen LogP contribution < -0.4 is 5.43 Å². The van der Waals surface area contributed by atoms with Crippen LogP contribution in [0.5, 0.6) is 0 Å². The fourth-order valence-corrected chi connectivity index (χ4v) is 2.34. The molecule has 0 bridgehead atoms. The van der Waals surface area contributed by atoms with E-state index < -0.39 is 0 Å². The molecule has 3 nitrogen and oxygen atoms in total. The molecule has 2 aromatic rings. The van der Waals surface area contributed by atoms with Crippen molar-refractivity contribution in [3.8, 4) is 0 Å². The molecule has 0 aromatic heterocycles. The largest absolute Gasteiger partial charge is 0.301 e. The fourth-order valence-electron chi connectivity index (χ4n) is 2.34. The number of carbonyl (C=O) groups is 1. The van der Waals surface area contributed by atoms with E-state index >= 15 is 0 Å². The van der Waals surface area contributed by atoms with Crippen LogP contribution >= 0.6 is 0 Å². The van der Waals surface area contributed by atoms with Crippen LogP contribution in [0.25, 0.3) is 0 Å². The summed E-state index contributed by atoms with van der Waals surface area (Å²) in [4.78, 5) is 11.1. The number of carbonyl (C=O) groups excluding carboxylic acids is 1. The van der Waals surface area contributed by atoms with Gasteiger partial charge in [-0.3, -0.25) is 5.43 Å². The van der Waals surface area contributed by atoms with Gasteiger partial charge in [-0.1, -0.05) is 54.6 Å². The molecule has 2 aromatic carbocycles. The van der Waals surface area contributed by atoms with Crippen LogP contribution in [0.2, 0.25) is 0 Å². The summed E-state index contributed by atoms with van der Waals surface area (Å²) in [6.07, 6.45) is 1.65. The monoisotopic (exact) mass is 250 g/mol. The molecule has 0 radical (unpaired) electrons. The number of nitrogens with one attached hydrogen (secondary N) is 1. The standard InChI is InChI=1S/C16H14N2O/c19-11-16-14-9-5-4-8-13(14)15(17-18-16)10-12-6-2-1-3-7-12/h1-9,11,16,18H,10H2. The van der Waals surface area contributed by atoms with Crippen molar-refractivity contribution in [3.05, 3.63) is 71.3 Å². The Hall–Kier alpha value is -2.42. The third-order valence-electron chi connectivity index (χ3n) is 3.30. The Morgan fingerprint density at radius 2 is 1.79 bits per heavy atom. The van der Waals surface area contributed by atoms with E-state index in [1.165, 1.54) is 5.56 Å². The smallest absolute Gasteiger partial charge is 0.148 e. The minimum Gasteiger partial charge on any atom is -0.301 e. The van der Waals surface area contributed by atoms with Gasteiger partial charge < -0.3 is 4.79 Å². The molecule has 3 heteroatoms. The average Bonchev–Trinajstić information content (AvgIpc) is 2.49. The average molecular weight is 250 g/mol.